The van der Waals surface area contributed by atoms with Crippen molar-refractivity contribution in [3.8, 4) is 0 Å². The maximum atomic E-state index is 13.6. The van der Waals surface area contributed by atoms with Crippen LogP contribution in [0.2, 0.25) is 5.02 Å². The van der Waals surface area contributed by atoms with Crippen molar-refractivity contribution in [2.75, 3.05) is 30.5 Å². The number of rotatable bonds is 5. The lowest BCUT2D eigenvalue weighted by Crippen LogP contribution is -2.50. The van der Waals surface area contributed by atoms with Gasteiger partial charge in [-0.05, 0) is 35.9 Å². The Morgan fingerprint density at radius 2 is 1.78 bits per heavy atom. The van der Waals surface area contributed by atoms with Gasteiger partial charge in [0, 0.05) is 23.5 Å². The number of hydrogen-bond acceptors (Lipinski definition) is 5. The maximum absolute atomic E-state index is 13.6. The quantitative estimate of drug-likeness (QED) is 0.707. The van der Waals surface area contributed by atoms with Crippen molar-refractivity contribution >= 4 is 46.8 Å². The summed E-state index contributed by atoms with van der Waals surface area (Å²) < 4.78 is 5.08. The molecule has 3 heterocycles. The van der Waals surface area contributed by atoms with E-state index in [4.69, 9.17) is 16.3 Å². The molecule has 7 nitrogen and oxygen atoms in total. The van der Waals surface area contributed by atoms with Crippen LogP contribution >= 0.6 is 11.6 Å². The molecular formula is C24H22ClN3O4. The summed E-state index contributed by atoms with van der Waals surface area (Å²) in [5.41, 5.74) is 2.37. The highest BCUT2D eigenvalue weighted by atomic mass is 35.5. The Hall–Kier alpha value is -3.16. The van der Waals surface area contributed by atoms with Gasteiger partial charge < -0.3 is 15.0 Å². The fourth-order valence-corrected chi connectivity index (χ4v) is 5.15. The summed E-state index contributed by atoms with van der Waals surface area (Å²) in [6, 6.07) is 13.3. The SMILES string of the molecule is COCCN1C(=O)[C@@H]2[C@H](C1=O)[C@@H](C(=O)Nc1ccc(Cl)cc1)N1c3ccccc3C=C[C@H]21. The van der Waals surface area contributed by atoms with E-state index in [0.717, 1.165) is 11.3 Å². The summed E-state index contributed by atoms with van der Waals surface area (Å²) in [6.07, 6.45) is 3.89. The second-order valence-electron chi connectivity index (χ2n) is 8.13. The summed E-state index contributed by atoms with van der Waals surface area (Å²) in [7, 11) is 1.52. The molecule has 0 aromatic heterocycles. The number of halogens is 1. The van der Waals surface area contributed by atoms with Gasteiger partial charge in [0.15, 0.2) is 0 Å². The molecule has 2 fully saturated rings. The fraction of sp³-hybridized carbons (Fsp3) is 0.292. The number of nitrogens with zero attached hydrogens (tertiary/aromatic N) is 2. The normalized spacial score (nSPS) is 25.6. The minimum atomic E-state index is -0.823. The molecule has 3 aliphatic heterocycles. The summed E-state index contributed by atoms with van der Waals surface area (Å²) in [4.78, 5) is 43.4. The topological polar surface area (TPSA) is 78.9 Å². The molecule has 4 atom stereocenters. The van der Waals surface area contributed by atoms with Crippen LogP contribution in [0.15, 0.2) is 54.6 Å². The molecule has 3 amide bonds. The minimum Gasteiger partial charge on any atom is -0.383 e. The molecule has 0 saturated carbocycles. The Balaban J connectivity index is 1.55. The Kier molecular flexibility index (Phi) is 5.23. The number of ether oxygens (including phenoxy) is 1. The molecule has 164 valence electrons. The van der Waals surface area contributed by atoms with Crippen LogP contribution in [0.4, 0.5) is 11.4 Å². The molecule has 1 N–H and O–H groups in total. The van der Waals surface area contributed by atoms with Gasteiger partial charge in [-0.25, -0.2) is 0 Å². The zero-order valence-corrected chi connectivity index (χ0v) is 18.2. The predicted molar refractivity (Wildman–Crippen MR) is 121 cm³/mol. The number of amides is 3. The summed E-state index contributed by atoms with van der Waals surface area (Å²) in [5, 5.41) is 3.47. The van der Waals surface area contributed by atoms with Crippen LogP contribution in [0.3, 0.4) is 0 Å². The number of carbonyl (C=O) groups is 3. The number of likely N-dealkylation sites (tertiary alicyclic amines) is 1. The number of benzene rings is 2. The fourth-order valence-electron chi connectivity index (χ4n) is 5.03. The van der Waals surface area contributed by atoms with E-state index in [9.17, 15) is 14.4 Å². The van der Waals surface area contributed by atoms with E-state index in [1.807, 2.05) is 41.3 Å². The molecule has 2 aromatic carbocycles. The van der Waals surface area contributed by atoms with Crippen LogP contribution < -0.4 is 10.2 Å². The van der Waals surface area contributed by atoms with Crippen molar-refractivity contribution in [3.63, 3.8) is 0 Å². The van der Waals surface area contributed by atoms with Gasteiger partial charge in [0.1, 0.15) is 6.04 Å². The first-order valence-electron chi connectivity index (χ1n) is 10.5. The summed E-state index contributed by atoms with van der Waals surface area (Å²) in [5.74, 6) is -2.30. The molecule has 0 radical (unpaired) electrons. The zero-order chi connectivity index (χ0) is 22.4. The van der Waals surface area contributed by atoms with Crippen LogP contribution in [0.5, 0.6) is 0 Å². The van der Waals surface area contributed by atoms with Gasteiger partial charge in [0.2, 0.25) is 17.7 Å². The summed E-state index contributed by atoms with van der Waals surface area (Å²) >= 11 is 5.96. The first-order valence-corrected chi connectivity index (χ1v) is 10.8. The Morgan fingerprint density at radius 1 is 1.06 bits per heavy atom. The van der Waals surface area contributed by atoms with Crippen molar-refractivity contribution in [1.29, 1.82) is 0 Å². The lowest BCUT2D eigenvalue weighted by Gasteiger charge is -2.36. The number of anilines is 2. The first-order chi connectivity index (χ1) is 15.5. The number of methoxy groups -OCH3 is 1. The molecule has 5 rings (SSSR count). The van der Waals surface area contributed by atoms with Gasteiger partial charge >= 0.3 is 0 Å². The van der Waals surface area contributed by atoms with Crippen molar-refractivity contribution in [3.05, 3.63) is 65.2 Å². The van der Waals surface area contributed by atoms with Crippen molar-refractivity contribution < 1.29 is 19.1 Å². The third-order valence-corrected chi connectivity index (χ3v) is 6.66. The van der Waals surface area contributed by atoms with E-state index in [1.165, 1.54) is 12.0 Å². The Labute approximate surface area is 190 Å². The minimum absolute atomic E-state index is 0.180. The number of carbonyl (C=O) groups excluding carboxylic acids is 3. The van der Waals surface area contributed by atoms with Crippen LogP contribution in [0.1, 0.15) is 5.56 Å². The lowest BCUT2D eigenvalue weighted by atomic mass is 9.88. The molecule has 0 bridgehead atoms. The zero-order valence-electron chi connectivity index (χ0n) is 17.4. The highest BCUT2D eigenvalue weighted by Gasteiger charge is 2.63. The number of imide groups is 1. The maximum Gasteiger partial charge on any atom is 0.247 e. The molecule has 3 aliphatic rings. The number of fused-ring (bicyclic) bond motifs is 5. The first kappa shape index (κ1) is 20.7. The van der Waals surface area contributed by atoms with E-state index in [1.54, 1.807) is 24.3 Å². The lowest BCUT2D eigenvalue weighted by molar-refractivity contribution is -0.141. The van der Waals surface area contributed by atoms with Crippen molar-refractivity contribution in [2.24, 2.45) is 11.8 Å². The Morgan fingerprint density at radius 3 is 2.53 bits per heavy atom. The van der Waals surface area contributed by atoms with Gasteiger partial charge in [-0.1, -0.05) is 42.0 Å². The second kappa shape index (κ2) is 8.07. The van der Waals surface area contributed by atoms with Crippen LogP contribution in [-0.4, -0.2) is 55.0 Å². The van der Waals surface area contributed by atoms with Crippen LogP contribution in [-0.2, 0) is 19.1 Å². The third kappa shape index (κ3) is 3.20. The molecular weight excluding hydrogens is 430 g/mol. The van der Waals surface area contributed by atoms with E-state index in [0.29, 0.717) is 10.7 Å². The Bertz CT molecular complexity index is 1120. The van der Waals surface area contributed by atoms with E-state index < -0.39 is 17.9 Å². The molecule has 0 spiro atoms. The average molecular weight is 452 g/mol. The van der Waals surface area contributed by atoms with Crippen molar-refractivity contribution in [2.45, 2.75) is 12.1 Å². The van der Waals surface area contributed by atoms with E-state index in [2.05, 4.69) is 5.32 Å². The van der Waals surface area contributed by atoms with E-state index in [-0.39, 0.29) is 36.9 Å². The van der Waals surface area contributed by atoms with Crippen LogP contribution in [0.25, 0.3) is 6.08 Å². The number of hydrogen-bond donors (Lipinski definition) is 1. The number of para-hydroxylation sites is 1. The predicted octanol–water partition coefficient (Wildman–Crippen LogP) is 2.81. The average Bonchev–Trinajstić information content (AvgIpc) is 3.27. The standard InChI is InChI=1S/C24H22ClN3O4/c1-32-13-12-27-23(30)19-18-11-6-14-4-2-3-5-17(14)28(18)21(20(19)24(27)31)22(29)26-16-9-7-15(25)8-10-16/h2-11,18-21H,12-13H2,1H3,(H,26,29)/t18-,19+,20+,21+/m1/s1. The van der Waals surface area contributed by atoms with Gasteiger partial charge in [-0.3, -0.25) is 19.3 Å². The van der Waals surface area contributed by atoms with Gasteiger partial charge in [-0.2, -0.15) is 0 Å². The smallest absolute Gasteiger partial charge is 0.247 e. The molecule has 2 saturated heterocycles. The largest absolute Gasteiger partial charge is 0.383 e. The number of nitrogens with one attached hydrogen (secondary N) is 1. The van der Waals surface area contributed by atoms with Gasteiger partial charge in [0.05, 0.1) is 31.0 Å². The summed E-state index contributed by atoms with van der Waals surface area (Å²) in [6.45, 7) is 0.436. The molecule has 8 heteroatoms. The third-order valence-electron chi connectivity index (χ3n) is 6.41. The molecule has 0 aliphatic carbocycles. The highest BCUT2D eigenvalue weighted by molar-refractivity contribution is 6.30. The monoisotopic (exact) mass is 451 g/mol. The highest BCUT2D eigenvalue weighted by Crippen LogP contribution is 2.48. The van der Waals surface area contributed by atoms with Crippen molar-refractivity contribution in [1.82, 2.24) is 4.90 Å². The molecule has 2 aromatic rings. The van der Waals surface area contributed by atoms with E-state index >= 15 is 0 Å². The van der Waals surface area contributed by atoms with Crippen LogP contribution in [0, 0.1) is 11.8 Å². The molecule has 32 heavy (non-hydrogen) atoms. The van der Waals surface area contributed by atoms with Gasteiger partial charge in [0.25, 0.3) is 0 Å². The second-order valence-corrected chi connectivity index (χ2v) is 8.57. The molecule has 0 unspecified atom stereocenters. The van der Waals surface area contributed by atoms with Gasteiger partial charge in [-0.15, -0.1) is 0 Å².